The summed E-state index contributed by atoms with van der Waals surface area (Å²) < 4.78 is 57.9. The van der Waals surface area contributed by atoms with Crippen molar-refractivity contribution in [2.45, 2.75) is 6.18 Å². The molecular formula is C22H16F4N4O4. The molecule has 0 aliphatic rings. The number of benzene rings is 2. The fraction of sp³-hybridized carbons (Fsp3) is 0.0909. The van der Waals surface area contributed by atoms with Crippen molar-refractivity contribution < 1.29 is 36.7 Å². The number of halogens is 4. The summed E-state index contributed by atoms with van der Waals surface area (Å²) in [7, 11) is 1.44. The highest BCUT2D eigenvalue weighted by Gasteiger charge is 2.32. The van der Waals surface area contributed by atoms with E-state index in [1.54, 1.807) is 0 Å². The second-order valence-corrected chi connectivity index (χ2v) is 6.69. The van der Waals surface area contributed by atoms with Gasteiger partial charge in [-0.3, -0.25) is 30.2 Å². The highest BCUT2D eigenvalue weighted by Crippen LogP contribution is 2.30. The van der Waals surface area contributed by atoms with Crippen molar-refractivity contribution in [3.8, 4) is 11.5 Å². The normalized spacial score (nSPS) is 10.9. The van der Waals surface area contributed by atoms with Gasteiger partial charge < -0.3 is 10.1 Å². The zero-order chi connectivity index (χ0) is 24.9. The highest BCUT2D eigenvalue weighted by atomic mass is 19.4. The van der Waals surface area contributed by atoms with E-state index in [2.05, 4.69) is 10.3 Å². The Morgan fingerprint density at radius 3 is 2.29 bits per heavy atom. The molecule has 0 fully saturated rings. The lowest BCUT2D eigenvalue weighted by molar-refractivity contribution is -0.137. The molecule has 2 aromatic carbocycles. The number of rotatable bonds is 5. The first-order valence-corrected chi connectivity index (χ1v) is 9.52. The Labute approximate surface area is 189 Å². The van der Waals surface area contributed by atoms with Crippen molar-refractivity contribution in [1.29, 1.82) is 0 Å². The molecule has 0 aliphatic heterocycles. The van der Waals surface area contributed by atoms with Crippen molar-refractivity contribution in [3.63, 3.8) is 0 Å². The summed E-state index contributed by atoms with van der Waals surface area (Å²) in [6.45, 7) is 0. The van der Waals surface area contributed by atoms with Gasteiger partial charge in [-0.05, 0) is 42.5 Å². The van der Waals surface area contributed by atoms with Crippen LogP contribution in [0.3, 0.4) is 0 Å². The van der Waals surface area contributed by atoms with Gasteiger partial charge in [0.25, 0.3) is 17.7 Å². The van der Waals surface area contributed by atoms with Crippen LogP contribution in [0.25, 0.3) is 0 Å². The minimum absolute atomic E-state index is 0.0166. The van der Waals surface area contributed by atoms with Crippen LogP contribution in [0.2, 0.25) is 0 Å². The van der Waals surface area contributed by atoms with Crippen LogP contribution in [0.1, 0.15) is 36.8 Å². The maximum Gasteiger partial charge on any atom is 0.416 e. The van der Waals surface area contributed by atoms with Gasteiger partial charge in [-0.15, -0.1) is 0 Å². The zero-order valence-electron chi connectivity index (χ0n) is 17.4. The lowest BCUT2D eigenvalue weighted by Crippen LogP contribution is -2.42. The summed E-state index contributed by atoms with van der Waals surface area (Å²) in [4.78, 5) is 40.1. The third kappa shape index (κ3) is 5.85. The maximum atomic E-state index is 13.8. The second kappa shape index (κ2) is 9.98. The van der Waals surface area contributed by atoms with Crippen molar-refractivity contribution >= 4 is 17.7 Å². The number of hydrazine groups is 1. The van der Waals surface area contributed by atoms with Crippen molar-refractivity contribution in [2.75, 3.05) is 7.05 Å². The summed E-state index contributed by atoms with van der Waals surface area (Å²) in [5.74, 6) is -3.26. The van der Waals surface area contributed by atoms with Gasteiger partial charge in [0.05, 0.1) is 11.1 Å². The number of nitrogens with one attached hydrogen (secondary N) is 3. The first-order chi connectivity index (χ1) is 16.1. The third-order valence-corrected chi connectivity index (χ3v) is 4.35. The predicted molar refractivity (Wildman–Crippen MR) is 110 cm³/mol. The molecule has 3 aromatic rings. The lowest BCUT2D eigenvalue weighted by Gasteiger charge is -2.12. The number of hydrogen-bond donors (Lipinski definition) is 3. The molecule has 0 spiro atoms. The minimum atomic E-state index is -4.78. The van der Waals surface area contributed by atoms with Crippen LogP contribution in [0.15, 0.2) is 60.8 Å². The number of carbonyl (C=O) groups is 3. The van der Waals surface area contributed by atoms with E-state index in [0.717, 1.165) is 0 Å². The number of ether oxygens (including phenoxy) is 1. The van der Waals surface area contributed by atoms with E-state index in [4.69, 9.17) is 4.74 Å². The molecule has 0 radical (unpaired) electrons. The van der Waals surface area contributed by atoms with Crippen LogP contribution in [0, 0.1) is 5.82 Å². The Balaban J connectivity index is 1.68. The van der Waals surface area contributed by atoms with E-state index in [1.165, 1.54) is 49.6 Å². The van der Waals surface area contributed by atoms with Crippen molar-refractivity contribution in [3.05, 3.63) is 89.0 Å². The van der Waals surface area contributed by atoms with Gasteiger partial charge in [0.2, 0.25) is 0 Å². The Hall–Kier alpha value is -4.48. The van der Waals surface area contributed by atoms with Gasteiger partial charge in [0.1, 0.15) is 23.0 Å². The zero-order valence-corrected chi connectivity index (χ0v) is 17.4. The van der Waals surface area contributed by atoms with Crippen LogP contribution in [0.4, 0.5) is 17.6 Å². The van der Waals surface area contributed by atoms with Gasteiger partial charge in [-0.25, -0.2) is 4.39 Å². The molecule has 1 heterocycles. The summed E-state index contributed by atoms with van der Waals surface area (Å²) in [6, 6.07) is 9.90. The highest BCUT2D eigenvalue weighted by molar-refractivity contribution is 5.99. The van der Waals surface area contributed by atoms with Crippen molar-refractivity contribution in [1.82, 2.24) is 21.2 Å². The summed E-state index contributed by atoms with van der Waals surface area (Å²) in [6.07, 6.45) is -3.42. The molecule has 0 bridgehead atoms. The summed E-state index contributed by atoms with van der Waals surface area (Å²) in [5, 5.41) is 2.42. The van der Waals surface area contributed by atoms with E-state index in [-0.39, 0.29) is 22.8 Å². The van der Waals surface area contributed by atoms with Gasteiger partial charge >= 0.3 is 6.18 Å². The molecular weight excluding hydrogens is 460 g/mol. The molecule has 0 atom stereocenters. The first-order valence-electron chi connectivity index (χ1n) is 9.52. The quantitative estimate of drug-likeness (QED) is 0.386. The van der Waals surface area contributed by atoms with Gasteiger partial charge in [0.15, 0.2) is 0 Å². The van der Waals surface area contributed by atoms with Crippen LogP contribution >= 0.6 is 0 Å². The Kier molecular flexibility index (Phi) is 7.09. The molecule has 0 saturated carbocycles. The SMILES string of the molecule is CNC(=O)c1cc(Oc2cccc(C(=O)NNC(=O)c3cc(C(F)(F)F)ccc3F)c2)ccn1. The molecule has 3 rings (SSSR count). The van der Waals surface area contributed by atoms with Gasteiger partial charge in [-0.1, -0.05) is 6.07 Å². The molecule has 8 nitrogen and oxygen atoms in total. The Morgan fingerprint density at radius 2 is 1.59 bits per heavy atom. The average Bonchev–Trinajstić information content (AvgIpc) is 2.81. The number of pyridine rings is 1. The van der Waals surface area contributed by atoms with Crippen LogP contribution in [0.5, 0.6) is 11.5 Å². The number of amides is 3. The molecule has 176 valence electrons. The topological polar surface area (TPSA) is 109 Å². The smallest absolute Gasteiger partial charge is 0.416 e. The number of aromatic nitrogens is 1. The van der Waals surface area contributed by atoms with E-state index in [0.29, 0.717) is 18.2 Å². The number of hydrogen-bond acceptors (Lipinski definition) is 5. The molecule has 0 unspecified atom stereocenters. The van der Waals surface area contributed by atoms with Crippen LogP contribution < -0.4 is 20.9 Å². The fourth-order valence-corrected chi connectivity index (χ4v) is 2.69. The summed E-state index contributed by atoms with van der Waals surface area (Å²) >= 11 is 0. The minimum Gasteiger partial charge on any atom is -0.457 e. The Morgan fingerprint density at radius 1 is 0.882 bits per heavy atom. The van der Waals surface area contributed by atoms with Gasteiger partial charge in [-0.2, -0.15) is 13.2 Å². The van der Waals surface area contributed by atoms with E-state index in [1.807, 2.05) is 10.9 Å². The standard InChI is InChI=1S/C22H16F4N4O4/c1-27-21(33)18-11-15(7-8-28-18)34-14-4-2-3-12(9-14)19(31)29-30-20(32)16-10-13(22(24,25)26)5-6-17(16)23/h2-11H,1H3,(H,27,33)(H,29,31)(H,30,32). The van der Waals surface area contributed by atoms with Gasteiger partial charge in [0, 0.05) is 24.9 Å². The monoisotopic (exact) mass is 476 g/mol. The second-order valence-electron chi connectivity index (χ2n) is 6.69. The number of carbonyl (C=O) groups excluding carboxylic acids is 3. The molecule has 0 aliphatic carbocycles. The predicted octanol–water partition coefficient (Wildman–Crippen LogP) is 3.47. The Bertz CT molecular complexity index is 1250. The molecule has 3 amide bonds. The fourth-order valence-electron chi connectivity index (χ4n) is 2.69. The largest absolute Gasteiger partial charge is 0.457 e. The molecule has 3 N–H and O–H groups in total. The third-order valence-electron chi connectivity index (χ3n) is 4.35. The molecule has 0 saturated heterocycles. The van der Waals surface area contributed by atoms with E-state index in [9.17, 15) is 31.9 Å². The number of nitrogens with zero attached hydrogens (tertiary/aromatic N) is 1. The number of alkyl halides is 3. The summed E-state index contributed by atoms with van der Waals surface area (Å²) in [5.41, 5.74) is 1.89. The van der Waals surface area contributed by atoms with E-state index < -0.39 is 40.8 Å². The molecule has 1 aromatic heterocycles. The maximum absolute atomic E-state index is 13.8. The van der Waals surface area contributed by atoms with Crippen LogP contribution in [-0.2, 0) is 6.18 Å². The van der Waals surface area contributed by atoms with Crippen LogP contribution in [-0.4, -0.2) is 29.8 Å². The molecule has 34 heavy (non-hydrogen) atoms. The first kappa shape index (κ1) is 24.2. The van der Waals surface area contributed by atoms with E-state index >= 15 is 0 Å². The lowest BCUT2D eigenvalue weighted by atomic mass is 10.1. The van der Waals surface area contributed by atoms with Crippen molar-refractivity contribution in [2.24, 2.45) is 0 Å². The molecule has 12 heteroatoms. The average molecular weight is 476 g/mol.